The molecule has 6 heteroatoms. The molecule has 2 bridgehead atoms. The Morgan fingerprint density at radius 1 is 1.26 bits per heavy atom. The van der Waals surface area contributed by atoms with Gasteiger partial charge in [-0.25, -0.2) is 0 Å². The fourth-order valence-electron chi connectivity index (χ4n) is 2.87. The monoisotopic (exact) mass is 335 g/mol. The molecule has 1 aromatic rings. The molecule has 2 heterocycles. The number of ether oxygens (including phenoxy) is 1. The van der Waals surface area contributed by atoms with Gasteiger partial charge in [-0.15, -0.1) is 0 Å². The first-order chi connectivity index (χ1) is 8.93. The van der Waals surface area contributed by atoms with Crippen LogP contribution in [0.2, 0.25) is 0 Å². The zero-order chi connectivity index (χ0) is 13.6. The molecule has 1 aromatic carbocycles. The molecular formula is C13H13BrF3NO. The summed E-state index contributed by atoms with van der Waals surface area (Å²) in [4.78, 5) is 0. The van der Waals surface area contributed by atoms with E-state index in [1.165, 1.54) is 6.07 Å². The normalized spacial score (nSPS) is 29.8. The number of nitrogens with one attached hydrogen (secondary N) is 1. The third kappa shape index (κ3) is 2.60. The van der Waals surface area contributed by atoms with Crippen molar-refractivity contribution in [3.8, 4) is 0 Å². The molecule has 2 aliphatic rings. The number of benzene rings is 1. The molecule has 3 unspecified atom stereocenters. The van der Waals surface area contributed by atoms with Gasteiger partial charge in [0.1, 0.15) is 0 Å². The van der Waals surface area contributed by atoms with Crippen LogP contribution >= 0.6 is 15.9 Å². The minimum absolute atomic E-state index is 0.0129. The molecular weight excluding hydrogens is 323 g/mol. The Labute approximate surface area is 117 Å². The smallest absolute Gasteiger partial charge is 0.379 e. The Balaban J connectivity index is 1.84. The van der Waals surface area contributed by atoms with Gasteiger partial charge >= 0.3 is 6.18 Å². The van der Waals surface area contributed by atoms with Crippen molar-refractivity contribution >= 4 is 21.6 Å². The molecule has 0 spiro atoms. The van der Waals surface area contributed by atoms with Crippen molar-refractivity contribution in [1.29, 1.82) is 0 Å². The highest BCUT2D eigenvalue weighted by Crippen LogP contribution is 2.40. The van der Waals surface area contributed by atoms with Crippen LogP contribution in [0.1, 0.15) is 24.8 Å². The molecule has 2 nitrogen and oxygen atoms in total. The topological polar surface area (TPSA) is 21.3 Å². The summed E-state index contributed by atoms with van der Waals surface area (Å²) >= 11 is 3.08. The summed E-state index contributed by atoms with van der Waals surface area (Å²) in [6.07, 6.45) is -1.35. The lowest BCUT2D eigenvalue weighted by Gasteiger charge is -2.23. The molecule has 0 radical (unpaired) electrons. The first-order valence-electron chi connectivity index (χ1n) is 6.22. The minimum Gasteiger partial charge on any atom is -0.379 e. The van der Waals surface area contributed by atoms with Crippen LogP contribution < -0.4 is 5.32 Å². The summed E-state index contributed by atoms with van der Waals surface area (Å²) in [6.45, 7) is 0. The van der Waals surface area contributed by atoms with Crippen LogP contribution in [-0.2, 0) is 10.9 Å². The van der Waals surface area contributed by atoms with Gasteiger partial charge in [-0.3, -0.25) is 0 Å². The number of hydrogen-bond donors (Lipinski definition) is 1. The molecule has 0 aromatic heterocycles. The van der Waals surface area contributed by atoms with Gasteiger partial charge in [-0.1, -0.05) is 15.9 Å². The van der Waals surface area contributed by atoms with Crippen molar-refractivity contribution in [2.75, 3.05) is 5.32 Å². The number of hydrogen-bond acceptors (Lipinski definition) is 2. The van der Waals surface area contributed by atoms with Gasteiger partial charge in [0.15, 0.2) is 0 Å². The lowest BCUT2D eigenvalue weighted by atomic mass is 9.95. The van der Waals surface area contributed by atoms with E-state index in [1.807, 2.05) is 0 Å². The number of alkyl halides is 3. The van der Waals surface area contributed by atoms with Crippen LogP contribution in [0, 0.1) is 0 Å². The van der Waals surface area contributed by atoms with Gasteiger partial charge < -0.3 is 10.1 Å². The maximum Gasteiger partial charge on any atom is 0.418 e. The molecule has 0 aliphatic carbocycles. The fraction of sp³-hybridized carbons (Fsp3) is 0.538. The fourth-order valence-corrected chi connectivity index (χ4v) is 3.23. The molecule has 3 atom stereocenters. The lowest BCUT2D eigenvalue weighted by molar-refractivity contribution is -0.137. The van der Waals surface area contributed by atoms with Crippen molar-refractivity contribution < 1.29 is 17.9 Å². The molecule has 0 amide bonds. The largest absolute Gasteiger partial charge is 0.418 e. The predicted molar refractivity (Wildman–Crippen MR) is 69.1 cm³/mol. The number of fused-ring (bicyclic) bond motifs is 2. The van der Waals surface area contributed by atoms with Gasteiger partial charge in [0.25, 0.3) is 0 Å². The Bertz CT molecular complexity index is 491. The second-order valence-corrected chi connectivity index (χ2v) is 5.96. The molecule has 104 valence electrons. The molecule has 2 fully saturated rings. The average Bonchev–Trinajstić information content (AvgIpc) is 2.92. The van der Waals surface area contributed by atoms with E-state index in [9.17, 15) is 13.2 Å². The van der Waals surface area contributed by atoms with E-state index in [1.54, 1.807) is 6.07 Å². The van der Waals surface area contributed by atoms with E-state index in [0.717, 1.165) is 25.3 Å². The maximum atomic E-state index is 13.0. The van der Waals surface area contributed by atoms with E-state index in [0.29, 0.717) is 4.47 Å². The molecule has 1 N–H and O–H groups in total. The van der Waals surface area contributed by atoms with Crippen molar-refractivity contribution in [2.45, 2.75) is 43.7 Å². The van der Waals surface area contributed by atoms with Crippen LogP contribution in [0.25, 0.3) is 0 Å². The Kier molecular flexibility index (Phi) is 3.25. The van der Waals surface area contributed by atoms with Crippen LogP contribution in [-0.4, -0.2) is 18.2 Å². The van der Waals surface area contributed by atoms with E-state index in [2.05, 4.69) is 21.2 Å². The van der Waals surface area contributed by atoms with Crippen LogP contribution in [0.5, 0.6) is 0 Å². The van der Waals surface area contributed by atoms with Crippen molar-refractivity contribution in [2.24, 2.45) is 0 Å². The van der Waals surface area contributed by atoms with Crippen LogP contribution in [0.4, 0.5) is 18.9 Å². The van der Waals surface area contributed by atoms with Gasteiger partial charge in [0.2, 0.25) is 0 Å². The van der Waals surface area contributed by atoms with Crippen molar-refractivity contribution in [3.63, 3.8) is 0 Å². The highest BCUT2D eigenvalue weighted by Gasteiger charge is 2.42. The Hall–Kier alpha value is -0.750. The van der Waals surface area contributed by atoms with Gasteiger partial charge in [-0.05, 0) is 37.5 Å². The SMILES string of the molecule is FC(F)(F)c1cc(Br)ccc1NC1CC2CCC1O2. The first-order valence-corrected chi connectivity index (χ1v) is 7.01. The quantitative estimate of drug-likeness (QED) is 0.874. The molecule has 0 saturated carbocycles. The van der Waals surface area contributed by atoms with Gasteiger partial charge in [-0.2, -0.15) is 13.2 Å². The lowest BCUT2D eigenvalue weighted by Crippen LogP contribution is -2.31. The zero-order valence-corrected chi connectivity index (χ0v) is 11.6. The van der Waals surface area contributed by atoms with E-state index in [4.69, 9.17) is 4.74 Å². The highest BCUT2D eigenvalue weighted by atomic mass is 79.9. The van der Waals surface area contributed by atoms with Gasteiger partial charge in [0.05, 0.1) is 23.8 Å². The zero-order valence-electron chi connectivity index (χ0n) is 10.0. The highest BCUT2D eigenvalue weighted by molar-refractivity contribution is 9.10. The van der Waals surface area contributed by atoms with Crippen molar-refractivity contribution in [3.05, 3.63) is 28.2 Å². The summed E-state index contributed by atoms with van der Waals surface area (Å²) < 4.78 is 45.1. The first kappa shape index (κ1) is 13.2. The number of halogens is 4. The van der Waals surface area contributed by atoms with E-state index < -0.39 is 11.7 Å². The molecule has 19 heavy (non-hydrogen) atoms. The van der Waals surface area contributed by atoms with E-state index in [-0.39, 0.29) is 23.9 Å². The summed E-state index contributed by atoms with van der Waals surface area (Å²) in [5, 5.41) is 3.01. The van der Waals surface area contributed by atoms with Crippen LogP contribution in [0.15, 0.2) is 22.7 Å². The summed E-state index contributed by atoms with van der Waals surface area (Å²) in [7, 11) is 0. The minimum atomic E-state index is -4.36. The van der Waals surface area contributed by atoms with Gasteiger partial charge in [0, 0.05) is 10.2 Å². The van der Waals surface area contributed by atoms with Crippen molar-refractivity contribution in [1.82, 2.24) is 0 Å². The Morgan fingerprint density at radius 3 is 2.63 bits per heavy atom. The van der Waals surface area contributed by atoms with E-state index >= 15 is 0 Å². The molecule has 3 rings (SSSR count). The molecule has 2 saturated heterocycles. The second kappa shape index (κ2) is 4.66. The third-order valence-corrected chi connectivity index (χ3v) is 4.23. The summed E-state index contributed by atoms with van der Waals surface area (Å²) in [6, 6.07) is 4.18. The summed E-state index contributed by atoms with van der Waals surface area (Å²) in [5.74, 6) is 0. The number of anilines is 1. The molecule has 2 aliphatic heterocycles. The Morgan fingerprint density at radius 2 is 2.05 bits per heavy atom. The van der Waals surface area contributed by atoms with Crippen LogP contribution in [0.3, 0.4) is 0 Å². The summed E-state index contributed by atoms with van der Waals surface area (Å²) in [5.41, 5.74) is -0.499. The number of rotatable bonds is 2. The average molecular weight is 336 g/mol. The standard InChI is InChI=1S/C13H13BrF3NO/c14-7-1-3-10(9(5-7)13(15,16)17)18-11-6-8-2-4-12(11)19-8/h1,3,5,8,11-12,18H,2,4,6H2. The third-order valence-electron chi connectivity index (χ3n) is 3.73. The predicted octanol–water partition coefficient (Wildman–Crippen LogP) is 4.20. The second-order valence-electron chi connectivity index (χ2n) is 5.05. The maximum absolute atomic E-state index is 13.0.